The molecule has 0 fully saturated rings. The summed E-state index contributed by atoms with van der Waals surface area (Å²) < 4.78 is 0. The van der Waals surface area contributed by atoms with Crippen molar-refractivity contribution in [2.24, 2.45) is 5.73 Å². The van der Waals surface area contributed by atoms with Crippen LogP contribution in [-0.4, -0.2) is 41.7 Å². The lowest BCUT2D eigenvalue weighted by Crippen LogP contribution is -2.43. The van der Waals surface area contributed by atoms with Crippen molar-refractivity contribution in [1.29, 1.82) is 0 Å². The van der Waals surface area contributed by atoms with Crippen molar-refractivity contribution in [3.8, 4) is 0 Å². The van der Waals surface area contributed by atoms with Gasteiger partial charge in [-0.15, -0.1) is 6.58 Å². The first-order valence-corrected chi connectivity index (χ1v) is 3.89. The van der Waals surface area contributed by atoms with Gasteiger partial charge in [-0.25, -0.2) is 0 Å². The van der Waals surface area contributed by atoms with E-state index in [-0.39, 0.29) is 12.5 Å². The van der Waals surface area contributed by atoms with Gasteiger partial charge >= 0.3 is 0 Å². The smallest absolute Gasteiger partial charge is 0.239 e. The van der Waals surface area contributed by atoms with E-state index in [0.717, 1.165) is 0 Å². The van der Waals surface area contributed by atoms with Gasteiger partial charge in [-0.1, -0.05) is 6.08 Å². The van der Waals surface area contributed by atoms with E-state index in [1.54, 1.807) is 13.0 Å². The Balaban J connectivity index is 4.08. The van der Waals surface area contributed by atoms with Crippen molar-refractivity contribution < 1.29 is 9.90 Å². The highest BCUT2D eigenvalue weighted by Gasteiger charge is 2.14. The first kappa shape index (κ1) is 11.1. The zero-order chi connectivity index (χ0) is 9.56. The summed E-state index contributed by atoms with van der Waals surface area (Å²) in [7, 11) is 0. The van der Waals surface area contributed by atoms with Gasteiger partial charge in [-0.3, -0.25) is 4.79 Å². The summed E-state index contributed by atoms with van der Waals surface area (Å²) in [6.07, 6.45) is 1.61. The number of hydrogen-bond acceptors (Lipinski definition) is 3. The van der Waals surface area contributed by atoms with Crippen LogP contribution in [0.25, 0.3) is 0 Å². The summed E-state index contributed by atoms with van der Waals surface area (Å²) in [6, 6.07) is -0.517. The summed E-state index contributed by atoms with van der Waals surface area (Å²) in [5.74, 6) is -0.163. The monoisotopic (exact) mass is 172 g/mol. The minimum absolute atomic E-state index is 0.0493. The number of carbonyl (C=O) groups is 1. The predicted molar refractivity (Wildman–Crippen MR) is 47.5 cm³/mol. The van der Waals surface area contributed by atoms with Crippen LogP contribution in [0.5, 0.6) is 0 Å². The van der Waals surface area contributed by atoms with E-state index in [2.05, 4.69) is 6.58 Å². The molecule has 4 nitrogen and oxygen atoms in total. The summed E-state index contributed by atoms with van der Waals surface area (Å²) in [4.78, 5) is 12.7. The fourth-order valence-corrected chi connectivity index (χ4v) is 0.856. The third kappa shape index (κ3) is 3.50. The average molecular weight is 172 g/mol. The van der Waals surface area contributed by atoms with Gasteiger partial charge in [0.25, 0.3) is 0 Å². The summed E-state index contributed by atoms with van der Waals surface area (Å²) in [5, 5.41) is 8.62. The molecule has 0 spiro atoms. The molecule has 0 aliphatic rings. The Bertz CT molecular complexity index is 157. The summed E-state index contributed by atoms with van der Waals surface area (Å²) in [5.41, 5.74) is 5.39. The maximum Gasteiger partial charge on any atom is 0.239 e. The number of aliphatic hydroxyl groups is 1. The fourth-order valence-electron chi connectivity index (χ4n) is 0.856. The molecular weight excluding hydrogens is 156 g/mol. The number of amides is 1. The predicted octanol–water partition coefficient (Wildman–Crippen LogP) is -0.659. The fraction of sp³-hybridized carbons (Fsp3) is 0.625. The second-order valence-corrected chi connectivity index (χ2v) is 2.59. The molecule has 0 aromatic rings. The molecule has 0 aromatic heterocycles. The SMILES string of the molecule is C=CCN(CCO)C(=O)[C@@H](C)N. The lowest BCUT2D eigenvalue weighted by atomic mass is 10.3. The number of carbonyl (C=O) groups excluding carboxylic acids is 1. The number of hydrogen-bond donors (Lipinski definition) is 2. The maximum atomic E-state index is 11.3. The number of nitrogens with two attached hydrogens (primary N) is 1. The van der Waals surface area contributed by atoms with E-state index in [1.165, 1.54) is 4.90 Å². The van der Waals surface area contributed by atoms with Gasteiger partial charge in [0.2, 0.25) is 5.91 Å². The molecule has 4 heteroatoms. The van der Waals surface area contributed by atoms with Crippen LogP contribution in [0, 0.1) is 0 Å². The molecule has 0 heterocycles. The van der Waals surface area contributed by atoms with Crippen molar-refractivity contribution in [2.75, 3.05) is 19.7 Å². The molecule has 0 saturated carbocycles. The normalized spacial score (nSPS) is 12.2. The zero-order valence-electron chi connectivity index (χ0n) is 7.36. The van der Waals surface area contributed by atoms with Gasteiger partial charge in [0.1, 0.15) is 0 Å². The quantitative estimate of drug-likeness (QED) is 0.541. The van der Waals surface area contributed by atoms with Gasteiger partial charge in [-0.05, 0) is 6.92 Å². The van der Waals surface area contributed by atoms with Crippen LogP contribution in [0.15, 0.2) is 12.7 Å². The lowest BCUT2D eigenvalue weighted by Gasteiger charge is -2.21. The first-order chi connectivity index (χ1) is 5.63. The van der Waals surface area contributed by atoms with E-state index in [4.69, 9.17) is 10.8 Å². The van der Waals surface area contributed by atoms with Crippen LogP contribution in [0.4, 0.5) is 0 Å². The molecule has 3 N–H and O–H groups in total. The highest BCUT2D eigenvalue weighted by Crippen LogP contribution is 1.92. The lowest BCUT2D eigenvalue weighted by molar-refractivity contribution is -0.132. The molecule has 70 valence electrons. The van der Waals surface area contributed by atoms with Crippen LogP contribution >= 0.6 is 0 Å². The van der Waals surface area contributed by atoms with Gasteiger partial charge in [0.05, 0.1) is 12.6 Å². The molecule has 0 aromatic carbocycles. The van der Waals surface area contributed by atoms with Crippen molar-refractivity contribution >= 4 is 5.91 Å². The van der Waals surface area contributed by atoms with Crippen molar-refractivity contribution in [3.05, 3.63) is 12.7 Å². The Hall–Kier alpha value is -0.870. The highest BCUT2D eigenvalue weighted by atomic mass is 16.3. The Kier molecular flexibility index (Phi) is 5.32. The molecule has 0 aliphatic heterocycles. The van der Waals surface area contributed by atoms with Gasteiger partial charge < -0.3 is 15.7 Å². The van der Waals surface area contributed by atoms with E-state index < -0.39 is 6.04 Å². The van der Waals surface area contributed by atoms with Crippen molar-refractivity contribution in [2.45, 2.75) is 13.0 Å². The Morgan fingerprint density at radius 2 is 2.42 bits per heavy atom. The minimum atomic E-state index is -0.517. The third-order valence-corrected chi connectivity index (χ3v) is 1.42. The Morgan fingerprint density at radius 1 is 1.83 bits per heavy atom. The number of nitrogens with zero attached hydrogens (tertiary/aromatic N) is 1. The van der Waals surface area contributed by atoms with Gasteiger partial charge in [0.15, 0.2) is 0 Å². The Morgan fingerprint density at radius 3 is 2.75 bits per heavy atom. The summed E-state index contributed by atoms with van der Waals surface area (Å²) >= 11 is 0. The van der Waals surface area contributed by atoms with Crippen LogP contribution in [0.3, 0.4) is 0 Å². The molecule has 0 rings (SSSR count). The summed E-state index contributed by atoms with van der Waals surface area (Å²) in [6.45, 7) is 5.82. The number of rotatable bonds is 5. The topological polar surface area (TPSA) is 66.6 Å². The molecule has 12 heavy (non-hydrogen) atoms. The van der Waals surface area contributed by atoms with Crippen molar-refractivity contribution in [1.82, 2.24) is 4.90 Å². The molecular formula is C8H16N2O2. The standard InChI is InChI=1S/C8H16N2O2/c1-3-4-10(5-6-11)8(12)7(2)9/h3,7,11H,1,4-6,9H2,2H3/t7-/m1/s1. The molecule has 1 atom stereocenters. The van der Waals surface area contributed by atoms with Crippen LogP contribution in [0.2, 0.25) is 0 Å². The number of aliphatic hydroxyl groups excluding tert-OH is 1. The van der Waals surface area contributed by atoms with Crippen LogP contribution in [0.1, 0.15) is 6.92 Å². The average Bonchev–Trinajstić information content (AvgIpc) is 2.03. The third-order valence-electron chi connectivity index (χ3n) is 1.42. The molecule has 0 saturated heterocycles. The van der Waals surface area contributed by atoms with Crippen LogP contribution in [-0.2, 0) is 4.79 Å². The zero-order valence-corrected chi connectivity index (χ0v) is 7.36. The van der Waals surface area contributed by atoms with E-state index >= 15 is 0 Å². The van der Waals surface area contributed by atoms with E-state index in [9.17, 15) is 4.79 Å². The first-order valence-electron chi connectivity index (χ1n) is 3.89. The van der Waals surface area contributed by atoms with E-state index in [0.29, 0.717) is 13.1 Å². The molecule has 0 unspecified atom stereocenters. The largest absolute Gasteiger partial charge is 0.395 e. The second-order valence-electron chi connectivity index (χ2n) is 2.59. The molecule has 0 aliphatic carbocycles. The maximum absolute atomic E-state index is 11.3. The van der Waals surface area contributed by atoms with Gasteiger partial charge in [-0.2, -0.15) is 0 Å². The minimum Gasteiger partial charge on any atom is -0.395 e. The molecule has 0 radical (unpaired) electrons. The van der Waals surface area contributed by atoms with E-state index in [1.807, 2.05) is 0 Å². The second kappa shape index (κ2) is 5.74. The van der Waals surface area contributed by atoms with Gasteiger partial charge in [0, 0.05) is 13.1 Å². The highest BCUT2D eigenvalue weighted by molar-refractivity contribution is 5.81. The molecule has 0 bridgehead atoms. The van der Waals surface area contributed by atoms with Crippen LogP contribution < -0.4 is 5.73 Å². The Labute approximate surface area is 72.7 Å². The van der Waals surface area contributed by atoms with Crippen molar-refractivity contribution in [3.63, 3.8) is 0 Å². The molecule has 1 amide bonds.